The molecule has 10 rings (SSSR count). The van der Waals surface area contributed by atoms with Gasteiger partial charge in [-0.25, -0.2) is 0 Å². The van der Waals surface area contributed by atoms with Gasteiger partial charge in [0.1, 0.15) is 22.3 Å². The smallest absolute Gasteiger partial charge is 0.455 e. The number of fused-ring (bicyclic) bond motifs is 10. The summed E-state index contributed by atoms with van der Waals surface area (Å²) < 4.78 is 26.1. The first-order valence-electron chi connectivity index (χ1n) is 16.9. The third-order valence-corrected chi connectivity index (χ3v) is 10.9. The molecule has 0 unspecified atom stereocenters. The van der Waals surface area contributed by atoms with Gasteiger partial charge in [0, 0.05) is 32.3 Å². The van der Waals surface area contributed by atoms with Crippen LogP contribution in [0.1, 0.15) is 27.7 Å². The molecule has 0 atom stereocenters. The van der Waals surface area contributed by atoms with Gasteiger partial charge in [0.05, 0.1) is 11.2 Å². The van der Waals surface area contributed by atoms with E-state index in [4.69, 9.17) is 18.1 Å². The van der Waals surface area contributed by atoms with E-state index in [0.29, 0.717) is 0 Å². The Labute approximate surface area is 284 Å². The zero-order valence-corrected chi connectivity index (χ0v) is 27.8. The highest BCUT2D eigenvalue weighted by Crippen LogP contribution is 2.40. The zero-order valence-electron chi connectivity index (χ0n) is 27.8. The molecule has 0 amide bonds. The lowest BCUT2D eigenvalue weighted by atomic mass is 9.76. The van der Waals surface area contributed by atoms with Crippen molar-refractivity contribution in [3.8, 4) is 22.3 Å². The van der Waals surface area contributed by atoms with Crippen molar-refractivity contribution in [2.45, 2.75) is 38.9 Å². The van der Waals surface area contributed by atoms with Crippen LogP contribution in [0.3, 0.4) is 0 Å². The predicted octanol–water partition coefficient (Wildman–Crippen LogP) is 11.4. The summed E-state index contributed by atoms with van der Waals surface area (Å²) in [5.74, 6) is 0. The first kappa shape index (κ1) is 28.6. The Hall–Kier alpha value is -5.36. The predicted molar refractivity (Wildman–Crippen MR) is 203 cm³/mol. The highest BCUT2D eigenvalue weighted by Gasteiger charge is 2.51. The van der Waals surface area contributed by atoms with Crippen molar-refractivity contribution in [3.05, 3.63) is 127 Å². The Kier molecular flexibility index (Phi) is 5.89. The molecule has 1 saturated heterocycles. The molecule has 0 aliphatic carbocycles. The number of hydrogen-bond donors (Lipinski definition) is 0. The number of hydrogen-bond acceptors (Lipinski definition) is 4. The SMILES string of the molecule is CC1(C)OB(c2cc(-c3ccc4oc5c6ccccc6ccc5c4c3)cc(-c3ccc4oc5c6ccccc6ccc5c4c3)c2)OC1(C)C. The van der Waals surface area contributed by atoms with Crippen molar-refractivity contribution < 1.29 is 18.1 Å². The van der Waals surface area contributed by atoms with Crippen molar-refractivity contribution in [2.75, 3.05) is 0 Å². The Bertz CT molecular complexity index is 2610. The maximum atomic E-state index is 6.59. The van der Waals surface area contributed by atoms with Crippen LogP contribution >= 0.6 is 0 Å². The van der Waals surface area contributed by atoms with Crippen LogP contribution in [0, 0.1) is 0 Å². The molecule has 4 nitrogen and oxygen atoms in total. The van der Waals surface area contributed by atoms with E-state index >= 15 is 0 Å². The van der Waals surface area contributed by atoms with Gasteiger partial charge < -0.3 is 18.1 Å². The van der Waals surface area contributed by atoms with Gasteiger partial charge in [-0.2, -0.15) is 0 Å². The van der Waals surface area contributed by atoms with Crippen LogP contribution in [0.2, 0.25) is 0 Å². The highest BCUT2D eigenvalue weighted by molar-refractivity contribution is 6.62. The van der Waals surface area contributed by atoms with Crippen molar-refractivity contribution in [2.24, 2.45) is 0 Å². The van der Waals surface area contributed by atoms with Gasteiger partial charge >= 0.3 is 7.12 Å². The molecule has 0 spiro atoms. The summed E-state index contributed by atoms with van der Waals surface area (Å²) in [5.41, 5.74) is 8.04. The standard InChI is InChI=1S/C44H33BO4/c1-43(2)44(3,4)49-45(48-43)32-22-30(28-15-19-39-37(24-28)35-17-13-26-9-5-7-11-33(26)41(35)46-39)21-31(23-32)29-16-20-40-38(25-29)36-18-14-27-10-6-8-12-34(27)42(36)47-40/h5-25H,1-4H3. The first-order valence-corrected chi connectivity index (χ1v) is 16.9. The van der Waals surface area contributed by atoms with Crippen LogP contribution in [-0.2, 0) is 9.31 Å². The summed E-state index contributed by atoms with van der Waals surface area (Å²) >= 11 is 0. The van der Waals surface area contributed by atoms with E-state index in [1.54, 1.807) is 0 Å². The lowest BCUT2D eigenvalue weighted by Gasteiger charge is -2.32. The molecule has 0 N–H and O–H groups in total. The molecule has 49 heavy (non-hydrogen) atoms. The van der Waals surface area contributed by atoms with Crippen molar-refractivity contribution in [1.82, 2.24) is 0 Å². The van der Waals surface area contributed by atoms with Gasteiger partial charge in [-0.15, -0.1) is 0 Å². The maximum absolute atomic E-state index is 6.59. The molecule has 0 saturated carbocycles. The summed E-state index contributed by atoms with van der Waals surface area (Å²) in [6.07, 6.45) is 0. The molecule has 0 bridgehead atoms. The Morgan fingerprint density at radius 2 is 0.878 bits per heavy atom. The zero-order chi connectivity index (χ0) is 33.1. The van der Waals surface area contributed by atoms with Crippen molar-refractivity contribution in [3.63, 3.8) is 0 Å². The normalized spacial score (nSPS) is 15.9. The van der Waals surface area contributed by atoms with Crippen LogP contribution in [0.15, 0.2) is 136 Å². The maximum Gasteiger partial charge on any atom is 0.494 e. The minimum absolute atomic E-state index is 0.456. The van der Waals surface area contributed by atoms with Gasteiger partial charge in [0.15, 0.2) is 0 Å². The van der Waals surface area contributed by atoms with E-state index in [9.17, 15) is 0 Å². The summed E-state index contributed by atoms with van der Waals surface area (Å²) in [5, 5.41) is 9.01. The van der Waals surface area contributed by atoms with E-state index in [1.807, 2.05) is 0 Å². The Morgan fingerprint density at radius 3 is 1.37 bits per heavy atom. The van der Waals surface area contributed by atoms with E-state index in [2.05, 4.69) is 155 Å². The second-order valence-electron chi connectivity index (χ2n) is 14.4. The average Bonchev–Trinajstić information content (AvgIpc) is 3.75. The van der Waals surface area contributed by atoms with Crippen molar-refractivity contribution >= 4 is 78.0 Å². The number of furan rings is 2. The molecule has 1 aliphatic rings. The third kappa shape index (κ3) is 4.32. The molecule has 236 valence electrons. The Morgan fingerprint density at radius 1 is 0.408 bits per heavy atom. The summed E-state index contributed by atoms with van der Waals surface area (Å²) in [4.78, 5) is 0. The van der Waals surface area contributed by atoms with E-state index in [0.717, 1.165) is 82.4 Å². The summed E-state index contributed by atoms with van der Waals surface area (Å²) in [6.45, 7) is 8.39. The minimum Gasteiger partial charge on any atom is -0.455 e. The monoisotopic (exact) mass is 636 g/mol. The van der Waals surface area contributed by atoms with Crippen LogP contribution in [0.4, 0.5) is 0 Å². The molecule has 1 aliphatic heterocycles. The fourth-order valence-corrected chi connectivity index (χ4v) is 7.47. The second kappa shape index (κ2) is 10.1. The lowest BCUT2D eigenvalue weighted by molar-refractivity contribution is 0.00578. The lowest BCUT2D eigenvalue weighted by Crippen LogP contribution is -2.41. The van der Waals surface area contributed by atoms with E-state index in [1.165, 1.54) is 10.8 Å². The van der Waals surface area contributed by atoms with E-state index < -0.39 is 18.3 Å². The molecule has 7 aromatic carbocycles. The summed E-state index contributed by atoms with van der Waals surface area (Å²) in [7, 11) is -0.501. The van der Waals surface area contributed by atoms with Crippen LogP contribution in [0.5, 0.6) is 0 Å². The van der Waals surface area contributed by atoms with Gasteiger partial charge in [0.2, 0.25) is 0 Å². The average molecular weight is 637 g/mol. The van der Waals surface area contributed by atoms with Gasteiger partial charge in [0.25, 0.3) is 0 Å². The molecule has 3 heterocycles. The third-order valence-electron chi connectivity index (χ3n) is 10.9. The molecule has 5 heteroatoms. The molecule has 1 fully saturated rings. The van der Waals surface area contributed by atoms with Gasteiger partial charge in [-0.1, -0.05) is 84.9 Å². The largest absolute Gasteiger partial charge is 0.494 e. The van der Waals surface area contributed by atoms with Gasteiger partial charge in [-0.3, -0.25) is 0 Å². The second-order valence-corrected chi connectivity index (χ2v) is 14.4. The molecular weight excluding hydrogens is 603 g/mol. The Balaban J connectivity index is 1.16. The number of benzene rings is 7. The van der Waals surface area contributed by atoms with Crippen LogP contribution in [0.25, 0.3) is 87.7 Å². The molecule has 9 aromatic rings. The minimum atomic E-state index is -0.501. The fraction of sp³-hybridized carbons (Fsp3) is 0.136. The number of rotatable bonds is 3. The first-order chi connectivity index (χ1) is 23.7. The van der Waals surface area contributed by atoms with Crippen LogP contribution in [-0.4, -0.2) is 18.3 Å². The van der Waals surface area contributed by atoms with Crippen LogP contribution < -0.4 is 5.46 Å². The molecular formula is C44H33BO4. The quantitative estimate of drug-likeness (QED) is 0.181. The summed E-state index contributed by atoms with van der Waals surface area (Å²) in [6, 6.07) is 45.1. The van der Waals surface area contributed by atoms with Gasteiger partial charge in [-0.05, 0) is 109 Å². The van der Waals surface area contributed by atoms with E-state index in [-0.39, 0.29) is 0 Å². The highest BCUT2D eigenvalue weighted by atomic mass is 16.7. The molecule has 2 aromatic heterocycles. The molecule has 0 radical (unpaired) electrons. The fourth-order valence-electron chi connectivity index (χ4n) is 7.47. The topological polar surface area (TPSA) is 44.7 Å². The van der Waals surface area contributed by atoms with Crippen molar-refractivity contribution in [1.29, 1.82) is 0 Å².